The Morgan fingerprint density at radius 1 is 1.28 bits per heavy atom. The van der Waals surface area contributed by atoms with Crippen LogP contribution in [0.3, 0.4) is 0 Å². The molecule has 0 saturated heterocycles. The molecule has 2 aromatic rings. The predicted octanol–water partition coefficient (Wildman–Crippen LogP) is 2.96. The molecule has 0 amide bonds. The molecule has 0 atom stereocenters. The van der Waals surface area contributed by atoms with Crippen molar-refractivity contribution < 1.29 is 9.13 Å². The predicted molar refractivity (Wildman–Crippen MR) is 71.3 cm³/mol. The van der Waals surface area contributed by atoms with Gasteiger partial charge in [0.2, 0.25) is 5.88 Å². The van der Waals surface area contributed by atoms with Crippen molar-refractivity contribution in [1.29, 1.82) is 0 Å². The van der Waals surface area contributed by atoms with Gasteiger partial charge in [-0.3, -0.25) is 0 Å². The lowest BCUT2D eigenvalue weighted by atomic mass is 10.1. The van der Waals surface area contributed by atoms with Crippen LogP contribution in [0.15, 0.2) is 36.5 Å². The standard InChI is InChI=1S/C13H11FN2OS/c1-8-6-7-16-13(11(8)12(15)18)17-10-4-2-9(14)3-5-10/h2-7H,1H3,(H2,15,18). The number of nitrogens with two attached hydrogens (primary N) is 1. The number of hydrogen-bond acceptors (Lipinski definition) is 3. The van der Waals surface area contributed by atoms with Gasteiger partial charge < -0.3 is 10.5 Å². The van der Waals surface area contributed by atoms with Crippen molar-refractivity contribution in [2.75, 3.05) is 0 Å². The summed E-state index contributed by atoms with van der Waals surface area (Å²) in [6, 6.07) is 7.45. The van der Waals surface area contributed by atoms with Crippen LogP contribution >= 0.6 is 12.2 Å². The minimum absolute atomic E-state index is 0.220. The van der Waals surface area contributed by atoms with Crippen molar-refractivity contribution in [3.63, 3.8) is 0 Å². The van der Waals surface area contributed by atoms with Crippen molar-refractivity contribution in [1.82, 2.24) is 4.98 Å². The molecule has 0 aliphatic carbocycles. The fourth-order valence-electron chi connectivity index (χ4n) is 1.52. The van der Waals surface area contributed by atoms with Crippen LogP contribution in [0.1, 0.15) is 11.1 Å². The molecular formula is C13H11FN2OS. The normalized spacial score (nSPS) is 10.1. The lowest BCUT2D eigenvalue weighted by Crippen LogP contribution is -2.13. The van der Waals surface area contributed by atoms with E-state index in [-0.39, 0.29) is 10.8 Å². The van der Waals surface area contributed by atoms with E-state index in [4.69, 9.17) is 22.7 Å². The zero-order valence-electron chi connectivity index (χ0n) is 9.68. The Morgan fingerprint density at radius 3 is 2.56 bits per heavy atom. The van der Waals surface area contributed by atoms with Gasteiger partial charge in [-0.15, -0.1) is 0 Å². The first-order valence-electron chi connectivity index (χ1n) is 5.27. The lowest BCUT2D eigenvalue weighted by Gasteiger charge is -2.11. The maximum Gasteiger partial charge on any atom is 0.229 e. The van der Waals surface area contributed by atoms with Gasteiger partial charge in [-0.2, -0.15) is 0 Å². The van der Waals surface area contributed by atoms with E-state index in [0.29, 0.717) is 17.2 Å². The molecule has 1 aromatic carbocycles. The molecule has 1 aromatic heterocycles. The second kappa shape index (κ2) is 5.10. The van der Waals surface area contributed by atoms with Crippen molar-refractivity contribution in [3.05, 3.63) is 53.5 Å². The molecule has 0 unspecified atom stereocenters. The van der Waals surface area contributed by atoms with Gasteiger partial charge in [-0.05, 0) is 42.8 Å². The molecule has 18 heavy (non-hydrogen) atoms. The van der Waals surface area contributed by atoms with E-state index in [0.717, 1.165) is 5.56 Å². The van der Waals surface area contributed by atoms with Crippen LogP contribution in [0.5, 0.6) is 11.6 Å². The molecule has 5 heteroatoms. The Hall–Kier alpha value is -2.01. The summed E-state index contributed by atoms with van der Waals surface area (Å²) in [5, 5.41) is 0. The third kappa shape index (κ3) is 2.62. The largest absolute Gasteiger partial charge is 0.438 e. The summed E-state index contributed by atoms with van der Waals surface area (Å²) in [5.41, 5.74) is 7.12. The van der Waals surface area contributed by atoms with Crippen LogP contribution in [-0.2, 0) is 0 Å². The summed E-state index contributed by atoms with van der Waals surface area (Å²) in [5.74, 6) is 0.482. The fourth-order valence-corrected chi connectivity index (χ4v) is 1.77. The zero-order valence-corrected chi connectivity index (χ0v) is 10.5. The number of benzene rings is 1. The summed E-state index contributed by atoms with van der Waals surface area (Å²) in [4.78, 5) is 4.32. The third-order valence-electron chi connectivity index (χ3n) is 2.40. The van der Waals surface area contributed by atoms with Gasteiger partial charge in [-0.25, -0.2) is 9.37 Å². The van der Waals surface area contributed by atoms with Gasteiger partial charge in [0.25, 0.3) is 0 Å². The minimum Gasteiger partial charge on any atom is -0.438 e. The lowest BCUT2D eigenvalue weighted by molar-refractivity contribution is 0.460. The molecule has 92 valence electrons. The maximum atomic E-state index is 12.8. The number of rotatable bonds is 3. The van der Waals surface area contributed by atoms with Crippen LogP contribution < -0.4 is 10.5 Å². The van der Waals surface area contributed by atoms with Crippen LogP contribution in [0.25, 0.3) is 0 Å². The Morgan fingerprint density at radius 2 is 1.94 bits per heavy atom. The third-order valence-corrected chi connectivity index (χ3v) is 2.60. The smallest absolute Gasteiger partial charge is 0.229 e. The Labute approximate surface area is 109 Å². The van der Waals surface area contributed by atoms with E-state index in [2.05, 4.69) is 4.98 Å². The molecule has 0 radical (unpaired) electrons. The van der Waals surface area contributed by atoms with Crippen LogP contribution in [0.4, 0.5) is 4.39 Å². The van der Waals surface area contributed by atoms with Crippen molar-refractivity contribution in [2.24, 2.45) is 5.73 Å². The van der Waals surface area contributed by atoms with Crippen molar-refractivity contribution >= 4 is 17.2 Å². The second-order valence-electron chi connectivity index (χ2n) is 3.73. The van der Waals surface area contributed by atoms with Crippen LogP contribution in [-0.4, -0.2) is 9.97 Å². The van der Waals surface area contributed by atoms with Gasteiger partial charge in [0, 0.05) is 6.20 Å². The first kappa shape index (κ1) is 12.4. The topological polar surface area (TPSA) is 48.1 Å². The van der Waals surface area contributed by atoms with E-state index < -0.39 is 0 Å². The highest BCUT2D eigenvalue weighted by Gasteiger charge is 2.11. The van der Waals surface area contributed by atoms with Crippen LogP contribution in [0.2, 0.25) is 0 Å². The average molecular weight is 262 g/mol. The number of ether oxygens (including phenoxy) is 1. The number of aryl methyl sites for hydroxylation is 1. The van der Waals surface area contributed by atoms with Crippen molar-refractivity contribution in [3.8, 4) is 11.6 Å². The fraction of sp³-hybridized carbons (Fsp3) is 0.0769. The highest BCUT2D eigenvalue weighted by atomic mass is 32.1. The van der Waals surface area contributed by atoms with Gasteiger partial charge >= 0.3 is 0 Å². The Kier molecular flexibility index (Phi) is 3.53. The number of pyridine rings is 1. The molecule has 1 heterocycles. The van der Waals surface area contributed by atoms with Gasteiger partial charge in [0.15, 0.2) is 0 Å². The number of halogens is 1. The Balaban J connectivity index is 2.37. The Bertz CT molecular complexity index is 584. The van der Waals surface area contributed by atoms with Crippen molar-refractivity contribution in [2.45, 2.75) is 6.92 Å². The summed E-state index contributed by atoms with van der Waals surface area (Å²) in [6.45, 7) is 1.87. The molecule has 0 aliphatic rings. The molecule has 0 bridgehead atoms. The SMILES string of the molecule is Cc1ccnc(Oc2ccc(F)cc2)c1C(N)=S. The number of thiocarbonyl (C=S) groups is 1. The molecule has 0 spiro atoms. The zero-order chi connectivity index (χ0) is 13.1. The number of hydrogen-bond donors (Lipinski definition) is 1. The average Bonchev–Trinajstić information content (AvgIpc) is 2.32. The maximum absolute atomic E-state index is 12.8. The van der Waals surface area contributed by atoms with Gasteiger partial charge in [0.05, 0.1) is 5.56 Å². The highest BCUT2D eigenvalue weighted by Crippen LogP contribution is 2.25. The van der Waals surface area contributed by atoms with E-state index in [1.165, 1.54) is 24.3 Å². The first-order valence-corrected chi connectivity index (χ1v) is 5.67. The quantitative estimate of drug-likeness (QED) is 0.864. The van der Waals surface area contributed by atoms with Gasteiger partial charge in [0.1, 0.15) is 16.6 Å². The molecule has 0 fully saturated rings. The summed E-state index contributed by atoms with van der Waals surface area (Å²) >= 11 is 4.97. The molecule has 0 aliphatic heterocycles. The molecule has 2 N–H and O–H groups in total. The number of aromatic nitrogens is 1. The molecule has 0 saturated carbocycles. The molecule has 3 nitrogen and oxygen atoms in total. The van der Waals surface area contributed by atoms with Crippen LogP contribution in [0, 0.1) is 12.7 Å². The van der Waals surface area contributed by atoms with E-state index in [1.54, 1.807) is 12.3 Å². The summed E-state index contributed by atoms with van der Waals surface area (Å²) in [6.07, 6.45) is 1.61. The van der Waals surface area contributed by atoms with Gasteiger partial charge in [-0.1, -0.05) is 12.2 Å². The molecule has 2 rings (SSSR count). The monoisotopic (exact) mass is 262 g/mol. The highest BCUT2D eigenvalue weighted by molar-refractivity contribution is 7.80. The second-order valence-corrected chi connectivity index (χ2v) is 4.17. The number of nitrogens with zero attached hydrogens (tertiary/aromatic N) is 1. The summed E-state index contributed by atoms with van der Waals surface area (Å²) in [7, 11) is 0. The van der Waals surface area contributed by atoms with E-state index >= 15 is 0 Å². The van der Waals surface area contributed by atoms with E-state index in [9.17, 15) is 4.39 Å². The summed E-state index contributed by atoms with van der Waals surface area (Å²) < 4.78 is 18.3. The first-order chi connectivity index (χ1) is 8.58. The molecular weight excluding hydrogens is 251 g/mol. The van der Waals surface area contributed by atoms with E-state index in [1.807, 2.05) is 6.92 Å². The minimum atomic E-state index is -0.325.